The first-order valence-electron chi connectivity index (χ1n) is 40.6. The van der Waals surface area contributed by atoms with Gasteiger partial charge < -0.3 is 18.4 Å². The highest BCUT2D eigenvalue weighted by Crippen LogP contribution is 2.52. The molecule has 1 aliphatic carbocycles. The first-order valence-corrected chi connectivity index (χ1v) is 42.3. The molecule has 0 saturated carbocycles. The van der Waals surface area contributed by atoms with Gasteiger partial charge in [0.2, 0.25) is 5.88 Å². The van der Waals surface area contributed by atoms with Gasteiger partial charge in [0.15, 0.2) is 34.2 Å². The van der Waals surface area contributed by atoms with E-state index in [1.54, 1.807) is 30.4 Å². The maximum atomic E-state index is 6.58. The minimum Gasteiger partial charge on any atom is -0.437 e. The Labute approximate surface area is 717 Å². The molecule has 9 heterocycles. The Morgan fingerprint density at radius 3 is 1.37 bits per heavy atom. The fourth-order valence-corrected chi connectivity index (χ4v) is 18.3. The third-order valence-corrected chi connectivity index (χ3v) is 24.1. The highest BCUT2D eigenvalue weighted by molar-refractivity contribution is 7.99. The number of pyridine rings is 3. The largest absolute Gasteiger partial charge is 0.437 e. The predicted octanol–water partition coefficient (Wildman–Crippen LogP) is 26.7. The molecule has 0 saturated heterocycles. The van der Waals surface area contributed by atoms with Crippen LogP contribution in [0.2, 0.25) is 0 Å². The van der Waals surface area contributed by atoms with E-state index in [4.69, 9.17) is 39.6 Å². The zero-order valence-electron chi connectivity index (χ0n) is 66.7. The van der Waals surface area contributed by atoms with Crippen LogP contribution in [-0.2, 0) is 5.41 Å². The number of ether oxygens (including phenoxy) is 1. The molecule has 23 rings (SSSR count). The highest BCUT2D eigenvalue weighted by atomic mass is 32.2. The number of hydrogen-bond donors (Lipinski definition) is 0. The van der Waals surface area contributed by atoms with Crippen LogP contribution in [0.15, 0.2) is 427 Å². The lowest BCUT2D eigenvalue weighted by atomic mass is 9.82. The van der Waals surface area contributed by atoms with Gasteiger partial charge in [0.25, 0.3) is 0 Å². The van der Waals surface area contributed by atoms with Crippen LogP contribution in [-0.4, -0.2) is 63.5 Å². The van der Waals surface area contributed by atoms with Crippen LogP contribution >= 0.6 is 23.5 Å². The van der Waals surface area contributed by atoms with Gasteiger partial charge in [0.05, 0.1) is 50.2 Å². The highest BCUT2D eigenvalue weighted by Gasteiger charge is 2.36. The molecule has 0 aliphatic heterocycles. The van der Waals surface area contributed by atoms with Gasteiger partial charge in [-0.25, -0.2) is 29.9 Å². The van der Waals surface area contributed by atoms with Crippen molar-refractivity contribution in [1.29, 1.82) is 0 Å². The zero-order chi connectivity index (χ0) is 82.2. The standard InChI is InChI=1S/C40H28N6S.C34H23N3O.C33H22N4S/c1-40(2)31-13-5-3-11-27(31)29-23-30-28-12-4-6-16-35(28)46(36(30)24-32(29)40)25-17-19-26(20-18-25)47-39-44-37(33-14-7-9-21-41-33)43-38(45-39)34-15-8-10-22-42-34;1-3-13-24(14-4-1)28-23-33(36-34(35-28)25-15-5-2-6-16-25)38-32-22-12-11-21-31(32)37-29-19-9-7-17-26(29)27-18-8-10-20-30(27)37;1-2-10-23(11-3-1)33-35-29(24-12-9-19-34-22-24)21-32(36-33)38-26-14-8-13-25(20-26)37-30-17-6-4-15-27(30)28-16-5-7-18-31(28)37/h3-24H,1-2H3;1-23H;1-22H. The molecule has 584 valence electrons. The Kier molecular flexibility index (Phi) is 19.8. The summed E-state index contributed by atoms with van der Waals surface area (Å²) in [6.45, 7) is 4.67. The molecule has 0 spiro atoms. The van der Waals surface area contributed by atoms with E-state index in [1.165, 1.54) is 88.4 Å². The van der Waals surface area contributed by atoms with Crippen molar-refractivity contribution >= 4 is 88.9 Å². The van der Waals surface area contributed by atoms with Crippen LogP contribution in [0.4, 0.5) is 0 Å². The Bertz CT molecular complexity index is 7400. The van der Waals surface area contributed by atoms with Crippen LogP contribution in [0.25, 0.3) is 162 Å². The molecule has 0 fully saturated rings. The minimum atomic E-state index is -0.0747. The van der Waals surface area contributed by atoms with Crippen molar-refractivity contribution in [3.63, 3.8) is 0 Å². The van der Waals surface area contributed by atoms with E-state index in [0.717, 1.165) is 82.3 Å². The topological polar surface area (TPSA) is 153 Å². The Morgan fingerprint density at radius 1 is 0.285 bits per heavy atom. The number of nitrogens with zero attached hydrogens (tertiary/aromatic N) is 13. The van der Waals surface area contributed by atoms with E-state index >= 15 is 0 Å². The second kappa shape index (κ2) is 32.6. The third kappa shape index (κ3) is 14.6. The van der Waals surface area contributed by atoms with Gasteiger partial charge in [-0.3, -0.25) is 15.0 Å². The van der Waals surface area contributed by atoms with Gasteiger partial charge in [-0.15, -0.1) is 0 Å². The van der Waals surface area contributed by atoms with E-state index in [1.807, 2.05) is 176 Å². The lowest BCUT2D eigenvalue weighted by molar-refractivity contribution is 0.461. The molecule has 13 aromatic carbocycles. The van der Waals surface area contributed by atoms with E-state index < -0.39 is 0 Å². The number of fused-ring (bicyclic) bond motifs is 12. The fraction of sp³-hybridized carbons (Fsp3) is 0.0280. The minimum absolute atomic E-state index is 0.0747. The maximum absolute atomic E-state index is 6.58. The van der Waals surface area contributed by atoms with Gasteiger partial charge in [-0.2, -0.15) is 4.98 Å². The first-order chi connectivity index (χ1) is 60.7. The van der Waals surface area contributed by atoms with E-state index in [9.17, 15) is 0 Å². The molecule has 0 bridgehead atoms. The molecule has 1 aliphatic rings. The molecule has 9 aromatic heterocycles. The van der Waals surface area contributed by atoms with Gasteiger partial charge in [-0.05, 0) is 174 Å². The van der Waals surface area contributed by atoms with Crippen molar-refractivity contribution in [1.82, 2.24) is 63.5 Å². The molecule has 0 amide bonds. The lowest BCUT2D eigenvalue weighted by Gasteiger charge is -2.21. The average molecular weight is 1620 g/mol. The summed E-state index contributed by atoms with van der Waals surface area (Å²) >= 11 is 3.14. The van der Waals surface area contributed by atoms with Crippen LogP contribution in [0, 0.1) is 0 Å². The molecular formula is C107H73N13OS2. The number of aromatic nitrogens is 13. The van der Waals surface area contributed by atoms with Crippen molar-refractivity contribution in [3.8, 4) is 108 Å². The van der Waals surface area contributed by atoms with Crippen molar-refractivity contribution in [3.05, 3.63) is 418 Å². The summed E-state index contributed by atoms with van der Waals surface area (Å²) in [6, 6.07) is 131. The summed E-state index contributed by atoms with van der Waals surface area (Å²) in [5.41, 5.74) is 22.5. The molecule has 0 atom stereocenters. The third-order valence-electron chi connectivity index (χ3n) is 22.4. The number of rotatable bonds is 15. The summed E-state index contributed by atoms with van der Waals surface area (Å²) in [7, 11) is 0. The van der Waals surface area contributed by atoms with Gasteiger partial charge >= 0.3 is 0 Å². The Hall–Kier alpha value is -15.6. The zero-order valence-corrected chi connectivity index (χ0v) is 68.4. The van der Waals surface area contributed by atoms with Crippen LogP contribution in [0.5, 0.6) is 11.6 Å². The molecule has 0 N–H and O–H groups in total. The summed E-state index contributed by atoms with van der Waals surface area (Å²) in [5, 5.41) is 8.91. The molecular weight excluding hydrogens is 1550 g/mol. The molecule has 16 heteroatoms. The van der Waals surface area contributed by atoms with Crippen molar-refractivity contribution in [2.24, 2.45) is 0 Å². The van der Waals surface area contributed by atoms with Gasteiger partial charge in [0, 0.05) is 112 Å². The molecule has 14 nitrogen and oxygen atoms in total. The van der Waals surface area contributed by atoms with Crippen LogP contribution in [0.1, 0.15) is 25.0 Å². The molecule has 0 radical (unpaired) electrons. The smallest absolute Gasteiger partial charge is 0.223 e. The normalized spacial score (nSPS) is 12.0. The summed E-state index contributed by atoms with van der Waals surface area (Å²) in [4.78, 5) is 49.2. The van der Waals surface area contributed by atoms with E-state index in [2.05, 4.69) is 255 Å². The van der Waals surface area contributed by atoms with Gasteiger partial charge in [-0.1, -0.05) is 262 Å². The van der Waals surface area contributed by atoms with E-state index in [0.29, 0.717) is 45.7 Å². The number of para-hydroxylation sites is 7. The Morgan fingerprint density at radius 2 is 0.789 bits per heavy atom. The SMILES string of the molecule is CC1(C)c2ccccc2-c2cc3c4ccccc4n(-c4ccc(Sc5nc(-c6ccccn6)nc(-c6ccccn6)n5)cc4)c3cc21.c1ccc(-c2cc(Oc3ccccc3-n3c4ccccc4c4ccccc43)nc(-c3ccccc3)n2)cc1.c1ccc(-c2nc(Sc3cccc(-n4c5ccccc5c5ccccc54)c3)cc(-c3cccnc3)n2)cc1. The molecule has 22 aromatic rings. The average Bonchev–Trinajstić information content (AvgIpc) is 1.55. The van der Waals surface area contributed by atoms with Crippen molar-refractivity contribution in [2.75, 3.05) is 0 Å². The predicted molar refractivity (Wildman–Crippen MR) is 498 cm³/mol. The van der Waals surface area contributed by atoms with Crippen LogP contribution in [0.3, 0.4) is 0 Å². The lowest BCUT2D eigenvalue weighted by Crippen LogP contribution is -2.14. The summed E-state index contributed by atoms with van der Waals surface area (Å²) in [5.74, 6) is 3.57. The van der Waals surface area contributed by atoms with E-state index in [-0.39, 0.29) is 5.41 Å². The molecule has 0 unspecified atom stereocenters. The fourth-order valence-electron chi connectivity index (χ4n) is 16.7. The summed E-state index contributed by atoms with van der Waals surface area (Å²) in [6.07, 6.45) is 7.11. The number of hydrogen-bond acceptors (Lipinski definition) is 13. The monoisotopic (exact) mass is 1620 g/mol. The number of benzene rings is 13. The quantitative estimate of drug-likeness (QED) is 0.0896. The summed E-state index contributed by atoms with van der Waals surface area (Å²) < 4.78 is 13.6. The molecule has 123 heavy (non-hydrogen) atoms. The second-order valence-corrected chi connectivity index (χ2v) is 32.4. The Balaban J connectivity index is 0.000000114. The second-order valence-electron chi connectivity index (χ2n) is 30.3. The first kappa shape index (κ1) is 74.9. The van der Waals surface area contributed by atoms with Crippen LogP contribution < -0.4 is 4.74 Å². The van der Waals surface area contributed by atoms with Crippen molar-refractivity contribution in [2.45, 2.75) is 39.2 Å². The van der Waals surface area contributed by atoms with Gasteiger partial charge in [0.1, 0.15) is 16.4 Å². The maximum Gasteiger partial charge on any atom is 0.223 e. The van der Waals surface area contributed by atoms with Crippen molar-refractivity contribution < 1.29 is 4.74 Å².